The fraction of sp³-hybridized carbons (Fsp3) is 0.895. The Morgan fingerprint density at radius 1 is 1.03 bits per heavy atom. The highest BCUT2D eigenvalue weighted by atomic mass is 16.7. The zero-order chi connectivity index (χ0) is 23.7. The van der Waals surface area contributed by atoms with Gasteiger partial charge in [0.15, 0.2) is 25.0 Å². The lowest BCUT2D eigenvalue weighted by Gasteiger charge is -2.43. The van der Waals surface area contributed by atoms with Crippen molar-refractivity contribution in [3.8, 4) is 0 Å². The number of hydrogen-bond acceptors (Lipinski definition) is 12. The van der Waals surface area contributed by atoms with Crippen LogP contribution in [0, 0.1) is 5.92 Å². The summed E-state index contributed by atoms with van der Waals surface area (Å²) in [6, 6.07) is 0. The minimum atomic E-state index is -2.27. The molecule has 31 heavy (non-hydrogen) atoms. The summed E-state index contributed by atoms with van der Waals surface area (Å²) in [4.78, 5) is 0. The first-order valence-electron chi connectivity index (χ1n) is 10.1. The molecule has 8 N–H and O–H groups in total. The van der Waals surface area contributed by atoms with E-state index in [-0.39, 0.29) is 12.5 Å². The molecule has 0 bridgehead atoms. The zero-order valence-electron chi connectivity index (χ0n) is 17.8. The molecule has 5 unspecified atom stereocenters. The smallest absolute Gasteiger partial charge is 0.189 e. The average molecular weight is 456 g/mol. The van der Waals surface area contributed by atoms with E-state index in [9.17, 15) is 35.7 Å². The van der Waals surface area contributed by atoms with E-state index in [2.05, 4.69) is 0 Å². The van der Waals surface area contributed by atoms with Crippen molar-refractivity contribution in [2.24, 2.45) is 5.92 Å². The van der Waals surface area contributed by atoms with E-state index in [1.165, 1.54) is 6.92 Å². The Labute approximate surface area is 180 Å². The van der Waals surface area contributed by atoms with Crippen molar-refractivity contribution in [2.45, 2.75) is 82.4 Å². The standard InChI is InChI=1S/C19H36O12/c1-4-5-11(22)9(2)8-28-18-14(24)13(23)16(12(7-21)30-18)31-19(15(25)17(26)27)29-10(3)6-20/h4-5,9-27H,6-8H2,1-3H3/b5-4+/t9-,10?,11+,12?,13?,14?,15?,16+,18+,19-/m0/s1. The van der Waals surface area contributed by atoms with Crippen molar-refractivity contribution in [1.29, 1.82) is 0 Å². The molecule has 1 saturated heterocycles. The minimum Gasteiger partial charge on any atom is -0.394 e. The molecule has 0 saturated carbocycles. The van der Waals surface area contributed by atoms with Gasteiger partial charge in [0.1, 0.15) is 24.4 Å². The number of allylic oxidation sites excluding steroid dienone is 1. The summed E-state index contributed by atoms with van der Waals surface area (Å²) in [5, 5.41) is 78.0. The number of aliphatic hydroxyl groups is 8. The molecule has 0 amide bonds. The van der Waals surface area contributed by atoms with Gasteiger partial charge in [-0.2, -0.15) is 0 Å². The average Bonchev–Trinajstić information content (AvgIpc) is 2.74. The van der Waals surface area contributed by atoms with Gasteiger partial charge in [-0.05, 0) is 13.8 Å². The molecular weight excluding hydrogens is 420 g/mol. The molecule has 184 valence electrons. The van der Waals surface area contributed by atoms with Crippen LogP contribution < -0.4 is 0 Å². The Morgan fingerprint density at radius 2 is 1.68 bits per heavy atom. The third-order valence-corrected chi connectivity index (χ3v) is 4.82. The topological polar surface area (TPSA) is 199 Å². The molecule has 0 aliphatic carbocycles. The third-order valence-electron chi connectivity index (χ3n) is 4.82. The lowest BCUT2D eigenvalue weighted by molar-refractivity contribution is -0.347. The van der Waals surface area contributed by atoms with Crippen LogP contribution in [-0.4, -0.2) is 122 Å². The van der Waals surface area contributed by atoms with Crippen molar-refractivity contribution < 1.29 is 59.8 Å². The van der Waals surface area contributed by atoms with Crippen molar-refractivity contribution >= 4 is 0 Å². The van der Waals surface area contributed by atoms with E-state index >= 15 is 0 Å². The number of hydrogen-bond donors (Lipinski definition) is 8. The fourth-order valence-electron chi connectivity index (χ4n) is 2.85. The van der Waals surface area contributed by atoms with Gasteiger partial charge >= 0.3 is 0 Å². The molecule has 0 radical (unpaired) electrons. The van der Waals surface area contributed by atoms with Crippen LogP contribution in [0.4, 0.5) is 0 Å². The first-order chi connectivity index (χ1) is 14.6. The largest absolute Gasteiger partial charge is 0.394 e. The number of rotatable bonds is 13. The van der Waals surface area contributed by atoms with Gasteiger partial charge in [-0.15, -0.1) is 0 Å². The van der Waals surface area contributed by atoms with Gasteiger partial charge < -0.3 is 59.8 Å². The Balaban J connectivity index is 2.87. The Kier molecular flexibility index (Phi) is 12.5. The molecule has 12 heteroatoms. The summed E-state index contributed by atoms with van der Waals surface area (Å²) in [6.45, 7) is 3.70. The third kappa shape index (κ3) is 8.28. The van der Waals surface area contributed by atoms with Gasteiger partial charge in [-0.25, -0.2) is 0 Å². The van der Waals surface area contributed by atoms with Gasteiger partial charge in [-0.3, -0.25) is 0 Å². The van der Waals surface area contributed by atoms with Gasteiger partial charge in [0.2, 0.25) is 0 Å². The molecule has 0 spiro atoms. The molecular formula is C19H36O12. The summed E-state index contributed by atoms with van der Waals surface area (Å²) < 4.78 is 21.6. The molecule has 1 aliphatic heterocycles. The molecule has 0 aromatic rings. The summed E-state index contributed by atoms with van der Waals surface area (Å²) in [6.07, 6.45) is -11.8. The van der Waals surface area contributed by atoms with Gasteiger partial charge in [-0.1, -0.05) is 19.1 Å². The van der Waals surface area contributed by atoms with Crippen molar-refractivity contribution in [1.82, 2.24) is 0 Å². The van der Waals surface area contributed by atoms with E-state index < -0.39 is 74.8 Å². The fourth-order valence-corrected chi connectivity index (χ4v) is 2.85. The maximum Gasteiger partial charge on any atom is 0.189 e. The van der Waals surface area contributed by atoms with E-state index in [0.29, 0.717) is 0 Å². The second-order valence-electron chi connectivity index (χ2n) is 7.54. The maximum atomic E-state index is 10.5. The van der Waals surface area contributed by atoms with Crippen molar-refractivity contribution in [3.05, 3.63) is 12.2 Å². The van der Waals surface area contributed by atoms with Gasteiger partial charge in [0.05, 0.1) is 32.0 Å². The van der Waals surface area contributed by atoms with Crippen LogP contribution in [0.2, 0.25) is 0 Å². The highest BCUT2D eigenvalue weighted by Crippen LogP contribution is 2.27. The van der Waals surface area contributed by atoms with E-state index in [4.69, 9.17) is 24.1 Å². The number of ether oxygens (including phenoxy) is 4. The van der Waals surface area contributed by atoms with Crippen molar-refractivity contribution in [2.75, 3.05) is 19.8 Å². The molecule has 12 nitrogen and oxygen atoms in total. The molecule has 0 aromatic heterocycles. The normalized spacial score (nSPS) is 32.2. The van der Waals surface area contributed by atoms with E-state index in [1.54, 1.807) is 26.0 Å². The van der Waals surface area contributed by atoms with Crippen LogP contribution in [-0.2, 0) is 18.9 Å². The van der Waals surface area contributed by atoms with Crippen LogP contribution in [0.1, 0.15) is 20.8 Å². The Bertz CT molecular complexity index is 516. The monoisotopic (exact) mass is 456 g/mol. The number of aliphatic hydroxyl groups excluding tert-OH is 7. The van der Waals surface area contributed by atoms with Crippen LogP contribution in [0.25, 0.3) is 0 Å². The van der Waals surface area contributed by atoms with Crippen LogP contribution in [0.5, 0.6) is 0 Å². The predicted molar refractivity (Wildman–Crippen MR) is 104 cm³/mol. The molecule has 0 aromatic carbocycles. The Hall–Kier alpha value is -0.740. The lowest BCUT2D eigenvalue weighted by Crippen LogP contribution is -2.62. The molecule has 10 atom stereocenters. The predicted octanol–water partition coefficient (Wildman–Crippen LogP) is -3.20. The minimum absolute atomic E-state index is 0.0290. The quantitative estimate of drug-likeness (QED) is 0.102. The molecule has 1 heterocycles. The summed E-state index contributed by atoms with van der Waals surface area (Å²) in [5.74, 6) is -0.357. The highest BCUT2D eigenvalue weighted by Gasteiger charge is 2.48. The summed E-state index contributed by atoms with van der Waals surface area (Å²) in [5.41, 5.74) is 0. The zero-order valence-corrected chi connectivity index (χ0v) is 17.8. The van der Waals surface area contributed by atoms with Gasteiger partial charge in [0, 0.05) is 5.92 Å². The Morgan fingerprint density at radius 3 is 2.19 bits per heavy atom. The summed E-state index contributed by atoms with van der Waals surface area (Å²) >= 11 is 0. The maximum absolute atomic E-state index is 10.5. The summed E-state index contributed by atoms with van der Waals surface area (Å²) in [7, 11) is 0. The highest BCUT2D eigenvalue weighted by molar-refractivity contribution is 4.92. The second kappa shape index (κ2) is 13.7. The first-order valence-corrected chi connectivity index (χ1v) is 10.1. The van der Waals surface area contributed by atoms with Crippen molar-refractivity contribution in [3.63, 3.8) is 0 Å². The van der Waals surface area contributed by atoms with Crippen LogP contribution in [0.15, 0.2) is 12.2 Å². The molecule has 1 aliphatic rings. The van der Waals surface area contributed by atoms with E-state index in [1.807, 2.05) is 0 Å². The van der Waals surface area contributed by atoms with E-state index in [0.717, 1.165) is 0 Å². The SMILES string of the molecule is C/C=C/[C@@H](O)[C@@H](C)CO[C@@H]1OC(CO)[C@@H](O[C@H](OC(C)CO)C(O)C(O)O)C(O)C1O. The lowest BCUT2D eigenvalue weighted by atomic mass is 9.98. The molecule has 1 rings (SSSR count). The molecule has 1 fully saturated rings. The first kappa shape index (κ1) is 28.3. The van der Waals surface area contributed by atoms with Crippen LogP contribution >= 0.6 is 0 Å². The van der Waals surface area contributed by atoms with Crippen LogP contribution in [0.3, 0.4) is 0 Å². The second-order valence-corrected chi connectivity index (χ2v) is 7.54. The van der Waals surface area contributed by atoms with Gasteiger partial charge in [0.25, 0.3) is 0 Å².